The number of rotatable bonds is 10. The Morgan fingerprint density at radius 2 is 1.69 bits per heavy atom. The van der Waals surface area contributed by atoms with Gasteiger partial charge in [-0.1, -0.05) is 24.8 Å². The molecule has 0 saturated carbocycles. The van der Waals surface area contributed by atoms with Gasteiger partial charge in [0.2, 0.25) is 11.8 Å². The van der Waals surface area contributed by atoms with Crippen molar-refractivity contribution in [3.8, 4) is 6.07 Å². The molecule has 5 N–H and O–H groups in total. The maximum absolute atomic E-state index is 14.3. The number of fused-ring (bicyclic) bond motifs is 2. The Balaban J connectivity index is 1.80. The summed E-state index contributed by atoms with van der Waals surface area (Å²) in [6, 6.07) is 13.2. The van der Waals surface area contributed by atoms with Crippen molar-refractivity contribution < 1.29 is 14.4 Å². The van der Waals surface area contributed by atoms with Gasteiger partial charge in [0, 0.05) is 45.0 Å². The van der Waals surface area contributed by atoms with Gasteiger partial charge in [-0.05, 0) is 85.0 Å². The van der Waals surface area contributed by atoms with Crippen LogP contribution >= 0.6 is 0 Å². The van der Waals surface area contributed by atoms with E-state index in [0.717, 1.165) is 39.9 Å². The highest BCUT2D eigenvalue weighted by atomic mass is 16.2. The number of hydrazine groups is 1. The molecule has 1 aliphatic heterocycles. The highest BCUT2D eigenvalue weighted by Crippen LogP contribution is 2.44. The van der Waals surface area contributed by atoms with E-state index in [1.165, 1.54) is 0 Å². The topological polar surface area (TPSA) is 138 Å². The number of carbonyl (C=O) groups is 3. The second-order valence-electron chi connectivity index (χ2n) is 11.0. The van der Waals surface area contributed by atoms with Gasteiger partial charge in [0.15, 0.2) is 0 Å². The monoisotopic (exact) mass is 571 g/mol. The predicted octanol–water partition coefficient (Wildman–Crippen LogP) is 1.75. The standard InChI is InChI=1S/C32H41N7O3/c1-20(37-19-29(40)39-14-6-7-26(39)18-33)17-32(31(42)38-36-5)27-12-10-22(21(2)34-3)15-23(27)8-9-24-16-25(30(41)35-4)11-13-28(24)32/h10-13,15-16,20,26,34,36-37H,2,6-9,14,17,19H2,1,3-5H3,(H,35,41)(H,38,42)/t20-,26?,32?/m1/s1. The molecular weight excluding hydrogens is 530 g/mol. The summed E-state index contributed by atoms with van der Waals surface area (Å²) in [6.45, 7) is 6.73. The number of carbonyl (C=O) groups excluding carboxylic acids is 3. The Labute approximate surface area is 247 Å². The largest absolute Gasteiger partial charge is 0.388 e. The van der Waals surface area contributed by atoms with E-state index in [1.54, 1.807) is 25.1 Å². The van der Waals surface area contributed by atoms with Gasteiger partial charge < -0.3 is 20.9 Å². The zero-order valence-corrected chi connectivity index (χ0v) is 24.9. The summed E-state index contributed by atoms with van der Waals surface area (Å²) in [5, 5.41) is 18.6. The molecule has 42 heavy (non-hydrogen) atoms. The molecule has 3 atom stereocenters. The van der Waals surface area contributed by atoms with Crippen molar-refractivity contribution in [3.05, 3.63) is 76.4 Å². The molecule has 2 aromatic carbocycles. The lowest BCUT2D eigenvalue weighted by molar-refractivity contribution is -0.130. The van der Waals surface area contributed by atoms with Gasteiger partial charge in [-0.2, -0.15) is 5.26 Å². The molecule has 4 rings (SSSR count). The smallest absolute Gasteiger partial charge is 0.251 e. The molecule has 1 saturated heterocycles. The van der Waals surface area contributed by atoms with Crippen molar-refractivity contribution in [1.82, 2.24) is 31.7 Å². The Morgan fingerprint density at radius 1 is 1.05 bits per heavy atom. The first kappa shape index (κ1) is 30.8. The van der Waals surface area contributed by atoms with Crippen molar-refractivity contribution in [2.45, 2.75) is 56.5 Å². The highest BCUT2D eigenvalue weighted by Gasteiger charge is 2.47. The lowest BCUT2D eigenvalue weighted by atomic mass is 9.67. The van der Waals surface area contributed by atoms with Crippen molar-refractivity contribution >= 4 is 23.4 Å². The summed E-state index contributed by atoms with van der Waals surface area (Å²) in [5.74, 6) is -0.540. The minimum absolute atomic E-state index is 0.0688. The molecule has 1 fully saturated rings. The van der Waals surface area contributed by atoms with Crippen molar-refractivity contribution in [2.24, 2.45) is 0 Å². The number of hydrogen-bond donors (Lipinski definition) is 5. The van der Waals surface area contributed by atoms with E-state index in [-0.39, 0.29) is 36.3 Å². The van der Waals surface area contributed by atoms with Crippen LogP contribution < -0.4 is 26.8 Å². The van der Waals surface area contributed by atoms with Gasteiger partial charge in [0.25, 0.3) is 5.91 Å². The Bertz CT molecular complexity index is 1350. The highest BCUT2D eigenvalue weighted by molar-refractivity contribution is 5.96. The number of amides is 3. The molecule has 1 aliphatic carbocycles. The van der Waals surface area contributed by atoms with E-state index in [4.69, 9.17) is 0 Å². The first-order chi connectivity index (χ1) is 20.2. The van der Waals surface area contributed by atoms with Crippen LogP contribution in [-0.4, -0.2) is 68.9 Å². The molecule has 222 valence electrons. The Morgan fingerprint density at radius 3 is 2.29 bits per heavy atom. The third-order valence-electron chi connectivity index (χ3n) is 8.50. The number of nitriles is 1. The van der Waals surface area contributed by atoms with Gasteiger partial charge >= 0.3 is 0 Å². The predicted molar refractivity (Wildman–Crippen MR) is 162 cm³/mol. The molecule has 2 aliphatic rings. The minimum atomic E-state index is -1.14. The fourth-order valence-electron chi connectivity index (χ4n) is 6.34. The van der Waals surface area contributed by atoms with Crippen LogP contribution in [0.15, 0.2) is 43.0 Å². The molecule has 0 bridgehead atoms. The first-order valence-corrected chi connectivity index (χ1v) is 14.5. The fraction of sp³-hybridized carbons (Fsp3) is 0.438. The van der Waals surface area contributed by atoms with Crippen LogP contribution in [0.2, 0.25) is 0 Å². The molecule has 2 unspecified atom stereocenters. The lowest BCUT2D eigenvalue weighted by Gasteiger charge is -2.37. The molecule has 2 aromatic rings. The third-order valence-corrected chi connectivity index (χ3v) is 8.50. The molecule has 0 aromatic heterocycles. The number of aryl methyl sites for hydroxylation is 2. The molecule has 10 heteroatoms. The molecular formula is C32H41N7O3. The summed E-state index contributed by atoms with van der Waals surface area (Å²) in [6.07, 6.45) is 3.17. The van der Waals surface area contributed by atoms with Gasteiger partial charge in [-0.3, -0.25) is 19.8 Å². The van der Waals surface area contributed by atoms with Gasteiger partial charge in [-0.25, -0.2) is 5.43 Å². The maximum Gasteiger partial charge on any atom is 0.251 e. The number of nitrogens with one attached hydrogen (secondary N) is 5. The minimum Gasteiger partial charge on any atom is -0.388 e. The number of likely N-dealkylation sites (tertiary alicyclic amines) is 1. The van der Waals surface area contributed by atoms with Gasteiger partial charge in [-0.15, -0.1) is 0 Å². The second kappa shape index (κ2) is 13.2. The van der Waals surface area contributed by atoms with Gasteiger partial charge in [0.1, 0.15) is 11.5 Å². The molecule has 10 nitrogen and oxygen atoms in total. The maximum atomic E-state index is 14.3. The van der Waals surface area contributed by atoms with Crippen molar-refractivity contribution in [2.75, 3.05) is 34.2 Å². The average molecular weight is 572 g/mol. The molecule has 0 spiro atoms. The van der Waals surface area contributed by atoms with Gasteiger partial charge in [0.05, 0.1) is 12.6 Å². The Kier molecular flexibility index (Phi) is 9.66. The van der Waals surface area contributed by atoms with Crippen LogP contribution in [0.4, 0.5) is 0 Å². The van der Waals surface area contributed by atoms with E-state index >= 15 is 0 Å². The van der Waals surface area contributed by atoms with Crippen molar-refractivity contribution in [1.29, 1.82) is 5.26 Å². The molecule has 1 heterocycles. The normalized spacial score (nSPS) is 19.9. The third kappa shape index (κ3) is 5.89. The van der Waals surface area contributed by atoms with E-state index < -0.39 is 5.41 Å². The summed E-state index contributed by atoms with van der Waals surface area (Å²) < 4.78 is 0. The average Bonchev–Trinajstić information content (AvgIpc) is 3.45. The zero-order valence-electron chi connectivity index (χ0n) is 24.9. The zero-order chi connectivity index (χ0) is 30.4. The van der Waals surface area contributed by atoms with E-state index in [9.17, 15) is 19.6 Å². The SMILES string of the molecule is C=C(NC)c1ccc2c(c1)CCc1cc(C(=O)NC)ccc1C2(C[C@@H](C)NCC(=O)N1CCCC1C#N)C(=O)NNC. The second-order valence-corrected chi connectivity index (χ2v) is 11.0. The molecule has 3 amide bonds. The fourth-order valence-corrected chi connectivity index (χ4v) is 6.34. The van der Waals surface area contributed by atoms with E-state index in [2.05, 4.69) is 45.5 Å². The van der Waals surface area contributed by atoms with Crippen LogP contribution in [-0.2, 0) is 27.8 Å². The quantitative estimate of drug-likeness (QED) is 0.274. The summed E-state index contributed by atoms with van der Waals surface area (Å²) >= 11 is 0. The first-order valence-electron chi connectivity index (χ1n) is 14.5. The van der Waals surface area contributed by atoms with E-state index in [1.807, 2.05) is 38.2 Å². The molecule has 0 radical (unpaired) electrons. The number of benzene rings is 2. The lowest BCUT2D eigenvalue weighted by Crippen LogP contribution is -2.53. The number of nitrogens with zero attached hydrogens (tertiary/aromatic N) is 2. The summed E-state index contributed by atoms with van der Waals surface area (Å²) in [4.78, 5) is 41.5. The van der Waals surface area contributed by atoms with Crippen LogP contribution in [0.25, 0.3) is 5.70 Å². The van der Waals surface area contributed by atoms with Crippen LogP contribution in [0.1, 0.15) is 64.4 Å². The summed E-state index contributed by atoms with van der Waals surface area (Å²) in [7, 11) is 5.07. The van der Waals surface area contributed by atoms with Crippen molar-refractivity contribution in [3.63, 3.8) is 0 Å². The summed E-state index contributed by atoms with van der Waals surface area (Å²) in [5.41, 5.74) is 10.4. The van der Waals surface area contributed by atoms with Crippen LogP contribution in [0, 0.1) is 11.3 Å². The van der Waals surface area contributed by atoms with Crippen LogP contribution in [0.3, 0.4) is 0 Å². The van der Waals surface area contributed by atoms with Crippen LogP contribution in [0.5, 0.6) is 0 Å². The van der Waals surface area contributed by atoms with E-state index in [0.29, 0.717) is 37.8 Å². The Hall–Kier alpha value is -4.20. The number of hydrogen-bond acceptors (Lipinski definition) is 7.